The lowest BCUT2D eigenvalue weighted by atomic mass is 10.1. The molecular formula is C8H5Cl2O2. The highest BCUT2D eigenvalue weighted by Crippen LogP contribution is 2.24. The minimum atomic E-state index is -1.08. The highest BCUT2D eigenvalue weighted by molar-refractivity contribution is 6.35. The molecule has 12 heavy (non-hydrogen) atoms. The number of benzene rings is 1. The van der Waals surface area contributed by atoms with Crippen LogP contribution in [0.2, 0.25) is 10.0 Å². The van der Waals surface area contributed by atoms with Gasteiger partial charge in [-0.15, -0.1) is 0 Å². The lowest BCUT2D eigenvalue weighted by Crippen LogP contribution is -1.99. The zero-order chi connectivity index (χ0) is 9.30. The summed E-state index contributed by atoms with van der Waals surface area (Å²) in [5, 5.41) is 9.22. The third-order valence-electron chi connectivity index (χ3n) is 1.39. The van der Waals surface area contributed by atoms with Gasteiger partial charge in [0.15, 0.2) is 0 Å². The van der Waals surface area contributed by atoms with Crippen molar-refractivity contribution in [3.63, 3.8) is 0 Å². The Bertz CT molecular complexity index is 334. The monoisotopic (exact) mass is 203 g/mol. The highest BCUT2D eigenvalue weighted by atomic mass is 35.5. The van der Waals surface area contributed by atoms with Crippen LogP contribution in [0.4, 0.5) is 0 Å². The Morgan fingerprint density at radius 3 is 2.50 bits per heavy atom. The largest absolute Gasteiger partial charge is 0.478 e. The maximum Gasteiger partial charge on any atom is 0.336 e. The summed E-state index contributed by atoms with van der Waals surface area (Å²) < 4.78 is 0. The number of rotatable bonds is 1. The summed E-state index contributed by atoms with van der Waals surface area (Å²) in [5.41, 5.74) is 0.320. The number of halogens is 2. The van der Waals surface area contributed by atoms with Crippen molar-refractivity contribution >= 4 is 29.2 Å². The van der Waals surface area contributed by atoms with Gasteiger partial charge in [-0.3, -0.25) is 0 Å². The average molecular weight is 204 g/mol. The molecule has 4 heteroatoms. The molecule has 1 aromatic rings. The summed E-state index contributed by atoms with van der Waals surface area (Å²) in [4.78, 5) is 10.6. The summed E-state index contributed by atoms with van der Waals surface area (Å²) >= 11 is 11.2. The fourth-order valence-corrected chi connectivity index (χ4v) is 1.29. The summed E-state index contributed by atoms with van der Waals surface area (Å²) in [5.74, 6) is -1.08. The molecule has 1 rings (SSSR count). The van der Waals surface area contributed by atoms with Crippen molar-refractivity contribution in [2.75, 3.05) is 0 Å². The molecule has 2 nitrogen and oxygen atoms in total. The van der Waals surface area contributed by atoms with Crippen molar-refractivity contribution in [1.82, 2.24) is 0 Å². The third kappa shape index (κ3) is 1.71. The van der Waals surface area contributed by atoms with Gasteiger partial charge in [-0.1, -0.05) is 23.2 Å². The molecule has 0 aromatic heterocycles. The van der Waals surface area contributed by atoms with Gasteiger partial charge in [-0.05, 0) is 24.6 Å². The molecule has 0 bridgehead atoms. The van der Waals surface area contributed by atoms with Crippen LogP contribution in [0.25, 0.3) is 0 Å². The van der Waals surface area contributed by atoms with E-state index in [1.54, 1.807) is 0 Å². The first-order valence-electron chi connectivity index (χ1n) is 3.06. The van der Waals surface area contributed by atoms with E-state index in [0.29, 0.717) is 5.02 Å². The van der Waals surface area contributed by atoms with Crippen LogP contribution in [-0.2, 0) is 0 Å². The van der Waals surface area contributed by atoms with Crippen LogP contribution in [0, 0.1) is 6.92 Å². The summed E-state index contributed by atoms with van der Waals surface area (Å²) in [6, 6.07) is 2.77. The molecule has 0 unspecified atom stereocenters. The van der Waals surface area contributed by atoms with E-state index in [9.17, 15) is 4.79 Å². The Balaban J connectivity index is 3.37. The van der Waals surface area contributed by atoms with Crippen molar-refractivity contribution in [3.05, 3.63) is 40.2 Å². The molecule has 0 amide bonds. The van der Waals surface area contributed by atoms with Gasteiger partial charge in [0, 0.05) is 10.0 Å². The first-order valence-corrected chi connectivity index (χ1v) is 3.82. The summed E-state index contributed by atoms with van der Waals surface area (Å²) in [6.45, 7) is 3.51. The topological polar surface area (TPSA) is 37.3 Å². The Kier molecular flexibility index (Phi) is 2.60. The molecule has 1 aromatic carbocycles. The van der Waals surface area contributed by atoms with Gasteiger partial charge in [0.2, 0.25) is 0 Å². The lowest BCUT2D eigenvalue weighted by Gasteiger charge is -2.02. The van der Waals surface area contributed by atoms with E-state index in [0.717, 1.165) is 0 Å². The molecule has 63 valence electrons. The van der Waals surface area contributed by atoms with Gasteiger partial charge in [0.05, 0.1) is 5.56 Å². The Labute approximate surface area is 79.7 Å². The number of carbonyl (C=O) groups is 1. The molecule has 0 spiro atoms. The molecule has 0 aliphatic rings. The second kappa shape index (κ2) is 3.33. The molecule has 0 saturated carbocycles. The highest BCUT2D eigenvalue weighted by Gasteiger charge is 2.10. The molecule has 0 saturated heterocycles. The van der Waals surface area contributed by atoms with Crippen molar-refractivity contribution in [3.8, 4) is 0 Å². The molecule has 0 fully saturated rings. The minimum absolute atomic E-state index is 0.0347. The quantitative estimate of drug-likeness (QED) is 0.763. The molecule has 0 aliphatic carbocycles. The van der Waals surface area contributed by atoms with Crippen molar-refractivity contribution in [1.29, 1.82) is 0 Å². The van der Waals surface area contributed by atoms with E-state index in [2.05, 4.69) is 6.92 Å². The van der Waals surface area contributed by atoms with Gasteiger partial charge < -0.3 is 5.11 Å². The Hall–Kier alpha value is -0.730. The molecule has 0 aliphatic heterocycles. The number of aromatic carboxylic acids is 1. The van der Waals surface area contributed by atoms with Crippen LogP contribution in [0.5, 0.6) is 0 Å². The first kappa shape index (κ1) is 9.36. The van der Waals surface area contributed by atoms with Crippen LogP contribution in [-0.4, -0.2) is 11.1 Å². The molecule has 0 atom stereocenters. The van der Waals surface area contributed by atoms with Crippen LogP contribution in [0.15, 0.2) is 12.1 Å². The second-order valence-corrected chi connectivity index (χ2v) is 3.06. The smallest absolute Gasteiger partial charge is 0.336 e. The standard InChI is InChI=1S/C8H5Cl2O2/c1-4-6(8(11)12)2-5(9)3-7(4)10/h2-3H,1H2,(H,11,12). The van der Waals surface area contributed by atoms with Crippen LogP contribution >= 0.6 is 23.2 Å². The Morgan fingerprint density at radius 1 is 1.42 bits per heavy atom. The molecule has 0 heterocycles. The van der Waals surface area contributed by atoms with E-state index in [1.807, 2.05) is 0 Å². The van der Waals surface area contributed by atoms with E-state index in [-0.39, 0.29) is 16.1 Å². The first-order chi connectivity index (χ1) is 5.52. The summed E-state index contributed by atoms with van der Waals surface area (Å²) in [7, 11) is 0. The predicted molar refractivity (Wildman–Crippen MR) is 47.9 cm³/mol. The zero-order valence-electron chi connectivity index (χ0n) is 5.97. The number of hydrogen-bond donors (Lipinski definition) is 1. The van der Waals surface area contributed by atoms with Crippen molar-refractivity contribution in [2.45, 2.75) is 0 Å². The second-order valence-electron chi connectivity index (χ2n) is 2.22. The minimum Gasteiger partial charge on any atom is -0.478 e. The van der Waals surface area contributed by atoms with Crippen LogP contribution in [0.1, 0.15) is 15.9 Å². The van der Waals surface area contributed by atoms with Gasteiger partial charge in [0.1, 0.15) is 0 Å². The maximum atomic E-state index is 10.6. The van der Waals surface area contributed by atoms with E-state index < -0.39 is 5.97 Å². The molecule has 1 N–H and O–H groups in total. The fraction of sp³-hybridized carbons (Fsp3) is 0. The Morgan fingerprint density at radius 2 is 2.00 bits per heavy atom. The van der Waals surface area contributed by atoms with Gasteiger partial charge in [0.25, 0.3) is 0 Å². The van der Waals surface area contributed by atoms with Crippen LogP contribution < -0.4 is 0 Å². The zero-order valence-corrected chi connectivity index (χ0v) is 7.49. The maximum absolute atomic E-state index is 10.6. The van der Waals surface area contributed by atoms with E-state index in [1.165, 1.54) is 12.1 Å². The predicted octanol–water partition coefficient (Wildman–Crippen LogP) is 2.87. The molecular weight excluding hydrogens is 199 g/mol. The normalized spacial score (nSPS) is 9.92. The van der Waals surface area contributed by atoms with Crippen LogP contribution in [0.3, 0.4) is 0 Å². The third-order valence-corrected chi connectivity index (χ3v) is 1.95. The average Bonchev–Trinajstić information content (AvgIpc) is 1.96. The van der Waals surface area contributed by atoms with E-state index in [4.69, 9.17) is 28.3 Å². The van der Waals surface area contributed by atoms with Gasteiger partial charge in [-0.2, -0.15) is 0 Å². The number of carboxylic acids is 1. The fourth-order valence-electron chi connectivity index (χ4n) is 0.794. The van der Waals surface area contributed by atoms with Gasteiger partial charge in [-0.25, -0.2) is 4.79 Å². The van der Waals surface area contributed by atoms with Crippen molar-refractivity contribution in [2.24, 2.45) is 0 Å². The summed E-state index contributed by atoms with van der Waals surface area (Å²) in [6.07, 6.45) is 0. The number of carboxylic acid groups (broad SMARTS) is 1. The van der Waals surface area contributed by atoms with Crippen molar-refractivity contribution < 1.29 is 9.90 Å². The van der Waals surface area contributed by atoms with E-state index >= 15 is 0 Å². The number of hydrogen-bond acceptors (Lipinski definition) is 1. The molecule has 1 radical (unpaired) electrons. The van der Waals surface area contributed by atoms with Gasteiger partial charge >= 0.3 is 5.97 Å². The lowest BCUT2D eigenvalue weighted by molar-refractivity contribution is 0.0696. The SMILES string of the molecule is [CH2]c1c(Cl)cc(Cl)cc1C(=O)O.